The molecule has 0 spiro atoms. The summed E-state index contributed by atoms with van der Waals surface area (Å²) in [5.74, 6) is -1.53. The van der Waals surface area contributed by atoms with Crippen LogP contribution in [0.25, 0.3) is 0 Å². The number of rotatable bonds is 4. The molecule has 2 atom stereocenters. The van der Waals surface area contributed by atoms with Gasteiger partial charge in [0.25, 0.3) is 11.8 Å². The Balaban J connectivity index is 1.94. The van der Waals surface area contributed by atoms with E-state index in [2.05, 4.69) is 4.74 Å². The van der Waals surface area contributed by atoms with Gasteiger partial charge < -0.3 is 14.2 Å². The Kier molecular flexibility index (Phi) is 4.35. The Hall–Kier alpha value is -2.67. The molecular weight excluding hydrogens is 314 g/mol. The number of carbonyl (C=O) groups is 3. The van der Waals surface area contributed by atoms with Crippen LogP contribution in [0.15, 0.2) is 36.1 Å². The number of hydrogen-bond donors (Lipinski definition) is 0. The van der Waals surface area contributed by atoms with E-state index in [0.29, 0.717) is 17.7 Å². The number of fused-ring (bicyclic) bond motifs is 1. The first-order valence-electron chi connectivity index (χ1n) is 7.62. The lowest BCUT2D eigenvalue weighted by Gasteiger charge is -2.32. The van der Waals surface area contributed by atoms with Crippen molar-refractivity contribution in [3.05, 3.63) is 47.2 Å². The maximum absolute atomic E-state index is 12.6. The van der Waals surface area contributed by atoms with Gasteiger partial charge in [0.05, 0.1) is 24.3 Å². The van der Waals surface area contributed by atoms with E-state index in [9.17, 15) is 14.4 Å². The van der Waals surface area contributed by atoms with Gasteiger partial charge in [-0.2, -0.15) is 0 Å². The highest BCUT2D eigenvalue weighted by Crippen LogP contribution is 2.30. The second kappa shape index (κ2) is 6.45. The Morgan fingerprint density at radius 3 is 2.42 bits per heavy atom. The van der Waals surface area contributed by atoms with Crippen LogP contribution >= 0.6 is 0 Å². The molecule has 0 radical (unpaired) electrons. The second-order valence-corrected chi connectivity index (χ2v) is 5.35. The van der Waals surface area contributed by atoms with Crippen molar-refractivity contribution in [1.82, 2.24) is 4.90 Å². The monoisotopic (exact) mass is 331 g/mol. The third kappa shape index (κ3) is 2.67. The van der Waals surface area contributed by atoms with E-state index in [1.54, 1.807) is 31.2 Å². The first-order valence-corrected chi connectivity index (χ1v) is 7.62. The fourth-order valence-electron chi connectivity index (χ4n) is 2.86. The van der Waals surface area contributed by atoms with E-state index < -0.39 is 30.1 Å². The lowest BCUT2D eigenvalue weighted by molar-refractivity contribution is -0.159. The van der Waals surface area contributed by atoms with Crippen molar-refractivity contribution in [2.45, 2.75) is 25.7 Å². The number of nitrogens with zero attached hydrogens (tertiary/aromatic N) is 1. The van der Waals surface area contributed by atoms with Crippen molar-refractivity contribution < 1.29 is 28.6 Å². The highest BCUT2D eigenvalue weighted by atomic mass is 16.7. The van der Waals surface area contributed by atoms with E-state index in [0.717, 1.165) is 4.90 Å². The number of esters is 1. The first-order chi connectivity index (χ1) is 11.6. The molecule has 1 aromatic rings. The molecule has 2 heterocycles. The van der Waals surface area contributed by atoms with Crippen LogP contribution in [-0.4, -0.2) is 48.7 Å². The predicted octanol–water partition coefficient (Wildman–Crippen LogP) is 1.49. The number of amides is 2. The van der Waals surface area contributed by atoms with Crippen LogP contribution in [0.3, 0.4) is 0 Å². The van der Waals surface area contributed by atoms with E-state index in [4.69, 9.17) is 9.47 Å². The standard InChI is InChI=1S/C17H17NO6/c1-3-23-14-9-10(8-13(24-14)17(21)22-2)18-15(19)11-6-4-5-7-12(11)16(18)20/h4-8,10,14H,3,9H2,1-2H3/t10-,14-/m1/s1. The lowest BCUT2D eigenvalue weighted by Crippen LogP contribution is -2.44. The van der Waals surface area contributed by atoms with Crippen molar-refractivity contribution in [2.24, 2.45) is 0 Å². The lowest BCUT2D eigenvalue weighted by atomic mass is 10.1. The molecule has 2 aliphatic rings. The van der Waals surface area contributed by atoms with Gasteiger partial charge in [-0.1, -0.05) is 12.1 Å². The molecule has 0 aromatic heterocycles. The highest BCUT2D eigenvalue weighted by molar-refractivity contribution is 6.21. The largest absolute Gasteiger partial charge is 0.463 e. The van der Waals surface area contributed by atoms with Gasteiger partial charge >= 0.3 is 5.97 Å². The van der Waals surface area contributed by atoms with Gasteiger partial charge in [-0.3, -0.25) is 14.5 Å². The second-order valence-electron chi connectivity index (χ2n) is 5.35. The van der Waals surface area contributed by atoms with Gasteiger partial charge in [0.15, 0.2) is 0 Å². The fourth-order valence-corrected chi connectivity index (χ4v) is 2.86. The molecule has 3 rings (SSSR count). The van der Waals surface area contributed by atoms with E-state index in [-0.39, 0.29) is 12.2 Å². The summed E-state index contributed by atoms with van der Waals surface area (Å²) >= 11 is 0. The number of ether oxygens (including phenoxy) is 3. The summed E-state index contributed by atoms with van der Waals surface area (Å²) in [5.41, 5.74) is 0.713. The van der Waals surface area contributed by atoms with Crippen molar-refractivity contribution in [1.29, 1.82) is 0 Å². The minimum absolute atomic E-state index is 0.0660. The third-order valence-corrected chi connectivity index (χ3v) is 3.93. The average Bonchev–Trinajstić information content (AvgIpc) is 2.85. The minimum atomic E-state index is -0.733. The molecule has 0 saturated carbocycles. The van der Waals surface area contributed by atoms with Crippen LogP contribution in [0.5, 0.6) is 0 Å². The van der Waals surface area contributed by atoms with Crippen molar-refractivity contribution in [2.75, 3.05) is 13.7 Å². The highest BCUT2D eigenvalue weighted by Gasteiger charge is 2.42. The molecule has 7 heteroatoms. The van der Waals surface area contributed by atoms with Gasteiger partial charge in [-0.05, 0) is 25.1 Å². The van der Waals surface area contributed by atoms with Crippen LogP contribution in [-0.2, 0) is 19.0 Å². The molecule has 0 unspecified atom stereocenters. The van der Waals surface area contributed by atoms with E-state index >= 15 is 0 Å². The number of carbonyl (C=O) groups excluding carboxylic acids is 3. The van der Waals surface area contributed by atoms with E-state index in [1.165, 1.54) is 13.2 Å². The molecule has 126 valence electrons. The van der Waals surface area contributed by atoms with Gasteiger partial charge in [0, 0.05) is 13.0 Å². The summed E-state index contributed by atoms with van der Waals surface area (Å²) in [6.07, 6.45) is 0.950. The third-order valence-electron chi connectivity index (χ3n) is 3.93. The topological polar surface area (TPSA) is 82.1 Å². The zero-order chi connectivity index (χ0) is 17.3. The normalized spacial score (nSPS) is 22.8. The smallest absolute Gasteiger partial charge is 0.373 e. The summed E-state index contributed by atoms with van der Waals surface area (Å²) in [7, 11) is 1.23. The number of benzene rings is 1. The number of methoxy groups -OCH3 is 1. The Morgan fingerprint density at radius 1 is 1.25 bits per heavy atom. The summed E-state index contributed by atoms with van der Waals surface area (Å²) in [4.78, 5) is 38.1. The van der Waals surface area contributed by atoms with Gasteiger partial charge in [-0.15, -0.1) is 0 Å². The molecular formula is C17H17NO6. The van der Waals surface area contributed by atoms with E-state index in [1.807, 2.05) is 0 Å². The average molecular weight is 331 g/mol. The Morgan fingerprint density at radius 2 is 1.88 bits per heavy atom. The number of imide groups is 1. The molecule has 0 saturated heterocycles. The summed E-state index contributed by atoms with van der Waals surface area (Å²) in [5, 5.41) is 0. The SMILES string of the molecule is CCO[C@H]1C[C@H](N2C(=O)c3ccccc3C2=O)C=C(C(=O)OC)O1. The maximum atomic E-state index is 12.6. The molecule has 24 heavy (non-hydrogen) atoms. The quantitative estimate of drug-likeness (QED) is 0.614. The zero-order valence-electron chi connectivity index (χ0n) is 13.4. The van der Waals surface area contributed by atoms with Crippen LogP contribution in [0, 0.1) is 0 Å². The molecule has 7 nitrogen and oxygen atoms in total. The Bertz CT molecular complexity index is 691. The van der Waals surface area contributed by atoms with Crippen molar-refractivity contribution in [3.8, 4) is 0 Å². The summed E-state index contributed by atoms with van der Waals surface area (Å²) in [6.45, 7) is 2.16. The fraction of sp³-hybridized carbons (Fsp3) is 0.353. The molecule has 2 amide bonds. The van der Waals surface area contributed by atoms with Crippen LogP contribution < -0.4 is 0 Å². The predicted molar refractivity (Wildman–Crippen MR) is 81.9 cm³/mol. The van der Waals surface area contributed by atoms with Crippen LogP contribution in [0.4, 0.5) is 0 Å². The van der Waals surface area contributed by atoms with Gasteiger partial charge in [0.2, 0.25) is 12.0 Å². The molecule has 1 aromatic carbocycles. The molecule has 0 N–H and O–H groups in total. The van der Waals surface area contributed by atoms with Crippen molar-refractivity contribution >= 4 is 17.8 Å². The molecule has 0 fully saturated rings. The Labute approximate surface area is 138 Å². The molecule has 0 bridgehead atoms. The molecule has 0 aliphatic carbocycles. The number of hydrogen-bond acceptors (Lipinski definition) is 6. The van der Waals surface area contributed by atoms with Crippen LogP contribution in [0.1, 0.15) is 34.1 Å². The van der Waals surface area contributed by atoms with Crippen LogP contribution in [0.2, 0.25) is 0 Å². The summed E-state index contributed by atoms with van der Waals surface area (Å²) < 4.78 is 15.5. The minimum Gasteiger partial charge on any atom is -0.463 e. The first kappa shape index (κ1) is 16.2. The van der Waals surface area contributed by atoms with Gasteiger partial charge in [-0.25, -0.2) is 4.79 Å². The maximum Gasteiger partial charge on any atom is 0.373 e. The zero-order valence-corrected chi connectivity index (χ0v) is 13.4. The summed E-state index contributed by atoms with van der Waals surface area (Å²) in [6, 6.07) is 5.99. The molecule has 2 aliphatic heterocycles. The van der Waals surface area contributed by atoms with Crippen molar-refractivity contribution in [3.63, 3.8) is 0 Å². The van der Waals surface area contributed by atoms with Gasteiger partial charge in [0.1, 0.15) is 0 Å².